The summed E-state index contributed by atoms with van der Waals surface area (Å²) in [5, 5.41) is 21.2. The quantitative estimate of drug-likeness (QED) is 0.652. The van der Waals surface area contributed by atoms with Gasteiger partial charge in [0.15, 0.2) is 0 Å². The summed E-state index contributed by atoms with van der Waals surface area (Å²) in [4.78, 5) is 2.67. The van der Waals surface area contributed by atoms with E-state index in [2.05, 4.69) is 17.9 Å². The molecule has 2 heterocycles. The number of aliphatic hydroxyl groups excluding tert-OH is 2. The fourth-order valence-corrected chi connectivity index (χ4v) is 5.89. The molecule has 0 aromatic rings. The predicted octanol–water partition coefficient (Wildman–Crippen LogP) is 1.55. The molecule has 19 heavy (non-hydrogen) atoms. The Kier molecular flexibility index (Phi) is 2.64. The SMILES string of the molecule is CC1=CC2[C@H]3CCCN4CCC[C@H]([C@H](O)[C@H]2O)[C@@]34C1. The summed E-state index contributed by atoms with van der Waals surface area (Å²) >= 11 is 0. The third-order valence-electron chi connectivity index (χ3n) is 6.42. The summed E-state index contributed by atoms with van der Waals surface area (Å²) in [6.45, 7) is 4.59. The average Bonchev–Trinajstić information content (AvgIpc) is 2.40. The van der Waals surface area contributed by atoms with Gasteiger partial charge in [-0.3, -0.25) is 4.90 Å². The summed E-state index contributed by atoms with van der Waals surface area (Å²) in [5.74, 6) is 1.02. The lowest BCUT2D eigenvalue weighted by atomic mass is 9.50. The van der Waals surface area contributed by atoms with E-state index in [1.807, 2.05) is 0 Å². The lowest BCUT2D eigenvalue weighted by Crippen LogP contribution is -2.73. The van der Waals surface area contributed by atoms with Crippen LogP contribution in [0.2, 0.25) is 0 Å². The maximum absolute atomic E-state index is 10.6. The van der Waals surface area contributed by atoms with E-state index in [0.29, 0.717) is 5.92 Å². The second-order valence-electron chi connectivity index (χ2n) is 7.22. The van der Waals surface area contributed by atoms with Gasteiger partial charge in [-0.15, -0.1) is 0 Å². The number of piperidine rings is 2. The molecule has 3 nitrogen and oxygen atoms in total. The maximum atomic E-state index is 10.6. The fourth-order valence-electron chi connectivity index (χ4n) is 5.89. The van der Waals surface area contributed by atoms with Crippen molar-refractivity contribution < 1.29 is 10.2 Å². The van der Waals surface area contributed by atoms with E-state index < -0.39 is 12.2 Å². The highest BCUT2D eigenvalue weighted by Gasteiger charge is 2.63. The fraction of sp³-hybridized carbons (Fsp3) is 0.875. The molecule has 4 rings (SSSR count). The summed E-state index contributed by atoms with van der Waals surface area (Å²) in [5.41, 5.74) is 1.59. The minimum atomic E-state index is -0.545. The van der Waals surface area contributed by atoms with Gasteiger partial charge in [-0.05, 0) is 58.0 Å². The van der Waals surface area contributed by atoms with Crippen molar-refractivity contribution in [1.82, 2.24) is 4.90 Å². The first kappa shape index (κ1) is 12.4. The number of aliphatic hydroxyl groups is 2. The lowest BCUT2D eigenvalue weighted by Gasteiger charge is -2.66. The van der Waals surface area contributed by atoms with Gasteiger partial charge in [0.05, 0.1) is 12.2 Å². The van der Waals surface area contributed by atoms with Crippen molar-refractivity contribution in [2.45, 2.75) is 56.8 Å². The molecule has 2 aliphatic heterocycles. The highest BCUT2D eigenvalue weighted by molar-refractivity contribution is 5.27. The Bertz CT molecular complexity index is 419. The Labute approximate surface area is 115 Å². The van der Waals surface area contributed by atoms with Crippen molar-refractivity contribution in [2.75, 3.05) is 13.1 Å². The lowest BCUT2D eigenvalue weighted by molar-refractivity contribution is -0.204. The van der Waals surface area contributed by atoms with Crippen LogP contribution in [-0.2, 0) is 0 Å². The smallest absolute Gasteiger partial charge is 0.0868 e. The van der Waals surface area contributed by atoms with E-state index >= 15 is 0 Å². The molecule has 0 amide bonds. The Morgan fingerprint density at radius 2 is 1.79 bits per heavy atom. The molecule has 2 saturated heterocycles. The highest BCUT2D eigenvalue weighted by atomic mass is 16.3. The van der Waals surface area contributed by atoms with Crippen LogP contribution in [0.25, 0.3) is 0 Å². The van der Waals surface area contributed by atoms with Crippen molar-refractivity contribution in [3.8, 4) is 0 Å². The third-order valence-corrected chi connectivity index (χ3v) is 6.42. The standard InChI is InChI=1S/C16H25NO2/c1-10-8-11-12-4-2-6-17-7-3-5-13(15(19)14(11)18)16(12,17)9-10/h8,11-15,18-19H,2-7,9H2,1H3/t11?,12-,13-,14+,15+,16-/m1/s1. The molecule has 1 saturated carbocycles. The van der Waals surface area contributed by atoms with Gasteiger partial charge >= 0.3 is 0 Å². The molecule has 2 N–H and O–H groups in total. The second kappa shape index (κ2) is 4.06. The molecular weight excluding hydrogens is 238 g/mol. The monoisotopic (exact) mass is 263 g/mol. The molecular formula is C16H25NO2. The van der Waals surface area contributed by atoms with E-state index in [-0.39, 0.29) is 17.4 Å². The molecule has 4 aliphatic rings. The van der Waals surface area contributed by atoms with Crippen LogP contribution in [-0.4, -0.2) is 45.9 Å². The first-order valence-corrected chi connectivity index (χ1v) is 7.93. The Balaban J connectivity index is 1.87. The predicted molar refractivity (Wildman–Crippen MR) is 73.6 cm³/mol. The molecule has 1 spiro atoms. The largest absolute Gasteiger partial charge is 0.390 e. The zero-order valence-corrected chi connectivity index (χ0v) is 11.8. The van der Waals surface area contributed by atoms with Crippen LogP contribution >= 0.6 is 0 Å². The summed E-state index contributed by atoms with van der Waals surface area (Å²) in [6.07, 6.45) is 7.06. The topological polar surface area (TPSA) is 43.7 Å². The summed E-state index contributed by atoms with van der Waals surface area (Å²) in [7, 11) is 0. The third kappa shape index (κ3) is 1.44. The number of hydrogen-bond donors (Lipinski definition) is 2. The first-order valence-electron chi connectivity index (χ1n) is 7.93. The first-order chi connectivity index (χ1) is 9.14. The van der Waals surface area contributed by atoms with Gasteiger partial charge in [-0.1, -0.05) is 11.6 Å². The molecule has 2 aliphatic carbocycles. The minimum Gasteiger partial charge on any atom is -0.390 e. The highest BCUT2D eigenvalue weighted by Crippen LogP contribution is 2.58. The second-order valence-corrected chi connectivity index (χ2v) is 7.22. The molecule has 0 aromatic heterocycles. The molecule has 6 atom stereocenters. The normalized spacial score (nSPS) is 53.4. The Morgan fingerprint density at radius 3 is 2.53 bits per heavy atom. The van der Waals surface area contributed by atoms with Crippen LogP contribution in [0.15, 0.2) is 11.6 Å². The van der Waals surface area contributed by atoms with Crippen LogP contribution in [0.3, 0.4) is 0 Å². The van der Waals surface area contributed by atoms with E-state index in [9.17, 15) is 10.2 Å². The molecule has 0 radical (unpaired) electrons. The van der Waals surface area contributed by atoms with Crippen molar-refractivity contribution in [3.05, 3.63) is 11.6 Å². The Hall–Kier alpha value is -0.380. The van der Waals surface area contributed by atoms with Gasteiger partial charge in [-0.25, -0.2) is 0 Å². The van der Waals surface area contributed by atoms with Gasteiger partial charge < -0.3 is 10.2 Å². The van der Waals surface area contributed by atoms with Crippen molar-refractivity contribution >= 4 is 0 Å². The van der Waals surface area contributed by atoms with Gasteiger partial charge in [0.1, 0.15) is 0 Å². The van der Waals surface area contributed by atoms with Crippen LogP contribution in [0.1, 0.15) is 39.0 Å². The number of rotatable bonds is 0. The molecule has 2 bridgehead atoms. The molecule has 3 heteroatoms. The maximum Gasteiger partial charge on any atom is 0.0868 e. The molecule has 106 valence electrons. The van der Waals surface area contributed by atoms with Crippen molar-refractivity contribution in [3.63, 3.8) is 0 Å². The molecule has 0 aromatic carbocycles. The van der Waals surface area contributed by atoms with Crippen LogP contribution in [0.5, 0.6) is 0 Å². The summed E-state index contributed by atoms with van der Waals surface area (Å²) in [6, 6.07) is 0. The van der Waals surface area contributed by atoms with Crippen LogP contribution in [0, 0.1) is 17.8 Å². The van der Waals surface area contributed by atoms with Gasteiger partial charge in [-0.2, -0.15) is 0 Å². The van der Waals surface area contributed by atoms with Crippen molar-refractivity contribution in [1.29, 1.82) is 0 Å². The van der Waals surface area contributed by atoms with E-state index in [0.717, 1.165) is 12.8 Å². The van der Waals surface area contributed by atoms with E-state index in [1.165, 1.54) is 37.9 Å². The van der Waals surface area contributed by atoms with E-state index in [4.69, 9.17) is 0 Å². The van der Waals surface area contributed by atoms with Crippen LogP contribution in [0.4, 0.5) is 0 Å². The van der Waals surface area contributed by atoms with Gasteiger partial charge in [0.2, 0.25) is 0 Å². The van der Waals surface area contributed by atoms with Gasteiger partial charge in [0.25, 0.3) is 0 Å². The Morgan fingerprint density at radius 1 is 1.11 bits per heavy atom. The minimum absolute atomic E-state index is 0.165. The molecule has 1 unspecified atom stereocenters. The average molecular weight is 263 g/mol. The zero-order chi connectivity index (χ0) is 13.2. The molecule has 3 fully saturated rings. The van der Waals surface area contributed by atoms with Gasteiger partial charge in [0, 0.05) is 17.4 Å². The zero-order valence-electron chi connectivity index (χ0n) is 11.8. The van der Waals surface area contributed by atoms with E-state index in [1.54, 1.807) is 0 Å². The summed E-state index contributed by atoms with van der Waals surface area (Å²) < 4.78 is 0. The van der Waals surface area contributed by atoms with Crippen LogP contribution < -0.4 is 0 Å². The number of nitrogens with zero attached hydrogens (tertiary/aromatic N) is 1. The number of hydrogen-bond acceptors (Lipinski definition) is 3. The van der Waals surface area contributed by atoms with Crippen molar-refractivity contribution in [2.24, 2.45) is 17.8 Å².